The van der Waals surface area contributed by atoms with Gasteiger partial charge in [0, 0.05) is 24.1 Å². The maximum atomic E-state index is 12.2. The molecule has 5 nitrogen and oxygen atoms in total. The van der Waals surface area contributed by atoms with E-state index < -0.39 is 0 Å². The first-order chi connectivity index (χ1) is 12.0. The highest BCUT2D eigenvalue weighted by molar-refractivity contribution is 5.77. The summed E-state index contributed by atoms with van der Waals surface area (Å²) in [6, 6.07) is 12.4. The molecule has 1 amide bonds. The molecule has 128 valence electrons. The minimum absolute atomic E-state index is 0.00642. The maximum absolute atomic E-state index is 12.2. The first-order valence-corrected chi connectivity index (χ1v) is 8.48. The second-order valence-corrected chi connectivity index (χ2v) is 6.60. The van der Waals surface area contributed by atoms with Crippen molar-refractivity contribution in [3.63, 3.8) is 0 Å². The second-order valence-electron chi connectivity index (χ2n) is 6.60. The number of H-pyrrole nitrogens is 1. The zero-order chi connectivity index (χ0) is 18.0. The Morgan fingerprint density at radius 1 is 1.32 bits per heavy atom. The predicted octanol–water partition coefficient (Wildman–Crippen LogP) is 2.47. The zero-order valence-electron chi connectivity index (χ0n) is 14.4. The number of hydrogen-bond acceptors (Lipinski definition) is 3. The number of pyridine rings is 1. The summed E-state index contributed by atoms with van der Waals surface area (Å²) in [4.78, 5) is 26.7. The smallest absolute Gasteiger partial charge is 0.266 e. The normalized spacial score (nSPS) is 18.4. The Kier molecular flexibility index (Phi) is 4.71. The number of amides is 1. The maximum Gasteiger partial charge on any atom is 0.266 e. The number of aromatic amines is 1. The highest BCUT2D eigenvalue weighted by Gasteiger charge is 2.39. The van der Waals surface area contributed by atoms with Crippen LogP contribution in [0, 0.1) is 25.2 Å². The average molecular weight is 335 g/mol. The van der Waals surface area contributed by atoms with Crippen molar-refractivity contribution in [1.29, 1.82) is 5.26 Å². The Morgan fingerprint density at radius 3 is 2.72 bits per heavy atom. The standard InChI is InChI=1S/C20H21N3O2/c1-12-15(13(2)22-20(25)17(12)11-21)8-9-19(24)23-18-10-16(18)14-6-4-3-5-7-14/h3-7,16,18H,8-10H2,1-2H3,(H,22,25)(H,23,24)/t16-,18-/m0/s1. The summed E-state index contributed by atoms with van der Waals surface area (Å²) in [5.74, 6) is 0.416. The molecule has 2 aromatic rings. The number of aryl methyl sites for hydroxylation is 1. The van der Waals surface area contributed by atoms with E-state index in [1.807, 2.05) is 24.3 Å². The van der Waals surface area contributed by atoms with Crippen LogP contribution in [0.2, 0.25) is 0 Å². The molecule has 1 aliphatic rings. The third kappa shape index (κ3) is 3.63. The number of carbonyl (C=O) groups excluding carboxylic acids is 1. The van der Waals surface area contributed by atoms with Crippen LogP contribution in [0.3, 0.4) is 0 Å². The molecule has 1 aromatic heterocycles. The summed E-state index contributed by atoms with van der Waals surface area (Å²) in [7, 11) is 0. The average Bonchev–Trinajstić information content (AvgIpc) is 3.34. The van der Waals surface area contributed by atoms with Crippen molar-refractivity contribution in [3.05, 3.63) is 68.6 Å². The van der Waals surface area contributed by atoms with Crippen molar-refractivity contribution >= 4 is 5.91 Å². The van der Waals surface area contributed by atoms with Crippen LogP contribution in [-0.4, -0.2) is 16.9 Å². The van der Waals surface area contributed by atoms with Gasteiger partial charge in [0.1, 0.15) is 11.6 Å². The fourth-order valence-corrected chi connectivity index (χ4v) is 3.36. The van der Waals surface area contributed by atoms with Gasteiger partial charge in [-0.05, 0) is 43.4 Å². The Morgan fingerprint density at radius 2 is 2.04 bits per heavy atom. The molecule has 2 N–H and O–H groups in total. The van der Waals surface area contributed by atoms with Gasteiger partial charge in [-0.2, -0.15) is 5.26 Å². The van der Waals surface area contributed by atoms with Crippen LogP contribution in [0.5, 0.6) is 0 Å². The van der Waals surface area contributed by atoms with Gasteiger partial charge < -0.3 is 10.3 Å². The van der Waals surface area contributed by atoms with Gasteiger partial charge >= 0.3 is 0 Å². The lowest BCUT2D eigenvalue weighted by Crippen LogP contribution is -2.27. The number of aromatic nitrogens is 1. The molecule has 25 heavy (non-hydrogen) atoms. The SMILES string of the molecule is Cc1[nH]c(=O)c(C#N)c(C)c1CCC(=O)N[C@H]1C[C@H]1c1ccccc1. The molecule has 0 radical (unpaired) electrons. The number of benzene rings is 1. The molecular formula is C20H21N3O2. The number of nitriles is 1. The number of carbonyl (C=O) groups is 1. The molecule has 0 saturated heterocycles. The highest BCUT2D eigenvalue weighted by atomic mass is 16.1. The van der Waals surface area contributed by atoms with Crippen LogP contribution in [0.15, 0.2) is 35.1 Å². The minimum Gasteiger partial charge on any atom is -0.353 e. The lowest BCUT2D eigenvalue weighted by Gasteiger charge is -2.11. The number of nitrogens with zero attached hydrogens (tertiary/aromatic N) is 1. The number of hydrogen-bond donors (Lipinski definition) is 2. The van der Waals surface area contributed by atoms with Crippen LogP contribution in [0.25, 0.3) is 0 Å². The van der Waals surface area contributed by atoms with E-state index in [0.29, 0.717) is 24.3 Å². The third-order valence-electron chi connectivity index (χ3n) is 4.89. The van der Waals surface area contributed by atoms with Crippen LogP contribution in [0.4, 0.5) is 0 Å². The highest BCUT2D eigenvalue weighted by Crippen LogP contribution is 2.40. The lowest BCUT2D eigenvalue weighted by atomic mass is 9.99. The van der Waals surface area contributed by atoms with Gasteiger partial charge in [0.2, 0.25) is 5.91 Å². The van der Waals surface area contributed by atoms with Crippen LogP contribution in [-0.2, 0) is 11.2 Å². The molecule has 5 heteroatoms. The first-order valence-electron chi connectivity index (χ1n) is 8.48. The Bertz CT molecular complexity index is 894. The van der Waals surface area contributed by atoms with Crippen molar-refractivity contribution in [1.82, 2.24) is 10.3 Å². The fourth-order valence-electron chi connectivity index (χ4n) is 3.36. The summed E-state index contributed by atoms with van der Waals surface area (Å²) >= 11 is 0. The lowest BCUT2D eigenvalue weighted by molar-refractivity contribution is -0.121. The van der Waals surface area contributed by atoms with Crippen molar-refractivity contribution in [2.45, 2.75) is 45.1 Å². The van der Waals surface area contributed by atoms with Crippen LogP contribution < -0.4 is 10.9 Å². The van der Waals surface area contributed by atoms with Crippen LogP contribution >= 0.6 is 0 Å². The van der Waals surface area contributed by atoms with Crippen molar-refractivity contribution < 1.29 is 4.79 Å². The van der Waals surface area contributed by atoms with E-state index in [1.54, 1.807) is 13.8 Å². The molecule has 1 fully saturated rings. The van der Waals surface area contributed by atoms with E-state index in [0.717, 1.165) is 17.7 Å². The van der Waals surface area contributed by atoms with E-state index >= 15 is 0 Å². The van der Waals surface area contributed by atoms with E-state index in [2.05, 4.69) is 22.4 Å². The molecule has 1 heterocycles. The summed E-state index contributed by atoms with van der Waals surface area (Å²) in [6.45, 7) is 3.56. The van der Waals surface area contributed by atoms with Crippen molar-refractivity contribution in [3.8, 4) is 6.07 Å². The third-order valence-corrected chi connectivity index (χ3v) is 4.89. The van der Waals surface area contributed by atoms with Crippen LogP contribution in [0.1, 0.15) is 46.7 Å². The predicted molar refractivity (Wildman–Crippen MR) is 95.3 cm³/mol. The second kappa shape index (κ2) is 6.94. The van der Waals surface area contributed by atoms with Gasteiger partial charge in [0.15, 0.2) is 0 Å². The zero-order valence-corrected chi connectivity index (χ0v) is 14.4. The molecule has 0 aliphatic heterocycles. The summed E-state index contributed by atoms with van der Waals surface area (Å²) in [5.41, 5.74) is 3.30. The molecule has 2 atom stereocenters. The number of nitrogens with one attached hydrogen (secondary N) is 2. The quantitative estimate of drug-likeness (QED) is 0.880. The monoisotopic (exact) mass is 335 g/mol. The molecule has 1 aliphatic carbocycles. The fraction of sp³-hybridized carbons (Fsp3) is 0.350. The Hall–Kier alpha value is -2.87. The molecule has 0 spiro atoms. The van der Waals surface area contributed by atoms with Gasteiger partial charge in [-0.3, -0.25) is 9.59 Å². The first kappa shape index (κ1) is 17.0. The van der Waals surface area contributed by atoms with Crippen molar-refractivity contribution in [2.24, 2.45) is 0 Å². The van der Waals surface area contributed by atoms with Gasteiger partial charge in [-0.1, -0.05) is 30.3 Å². The molecule has 3 rings (SSSR count). The Labute approximate surface area is 146 Å². The largest absolute Gasteiger partial charge is 0.353 e. The number of rotatable bonds is 5. The van der Waals surface area contributed by atoms with E-state index in [4.69, 9.17) is 5.26 Å². The van der Waals surface area contributed by atoms with E-state index in [-0.39, 0.29) is 23.1 Å². The van der Waals surface area contributed by atoms with Gasteiger partial charge in [0.05, 0.1) is 0 Å². The van der Waals surface area contributed by atoms with Gasteiger partial charge in [-0.15, -0.1) is 0 Å². The minimum atomic E-state index is -0.366. The summed E-state index contributed by atoms with van der Waals surface area (Å²) < 4.78 is 0. The molecule has 1 saturated carbocycles. The van der Waals surface area contributed by atoms with E-state index in [9.17, 15) is 9.59 Å². The summed E-state index contributed by atoms with van der Waals surface area (Å²) in [5, 5.41) is 12.2. The van der Waals surface area contributed by atoms with E-state index in [1.165, 1.54) is 5.56 Å². The molecule has 0 unspecified atom stereocenters. The summed E-state index contributed by atoms with van der Waals surface area (Å²) in [6.07, 6.45) is 1.83. The topological polar surface area (TPSA) is 85.8 Å². The Balaban J connectivity index is 1.59. The van der Waals surface area contributed by atoms with Gasteiger partial charge in [-0.25, -0.2) is 0 Å². The molecule has 1 aromatic carbocycles. The van der Waals surface area contributed by atoms with Gasteiger partial charge in [0.25, 0.3) is 5.56 Å². The molecule has 0 bridgehead atoms. The molecular weight excluding hydrogens is 314 g/mol. The van der Waals surface area contributed by atoms with Crippen molar-refractivity contribution in [2.75, 3.05) is 0 Å².